The van der Waals surface area contributed by atoms with Crippen LogP contribution in [0.4, 0.5) is 0 Å². The quantitative estimate of drug-likeness (QED) is 0.427. The van der Waals surface area contributed by atoms with Gasteiger partial charge in [-0.05, 0) is 42.4 Å². The third-order valence-corrected chi connectivity index (χ3v) is 5.37. The van der Waals surface area contributed by atoms with Gasteiger partial charge in [0.25, 0.3) is 0 Å². The molecule has 0 aliphatic carbocycles. The molecule has 0 aliphatic heterocycles. The van der Waals surface area contributed by atoms with Gasteiger partial charge in [-0.1, -0.05) is 23.9 Å². The van der Waals surface area contributed by atoms with Crippen LogP contribution in [0.25, 0.3) is 0 Å². The van der Waals surface area contributed by atoms with Crippen molar-refractivity contribution in [2.24, 2.45) is 7.05 Å². The molecule has 2 aromatic heterocycles. The average Bonchev–Trinajstić information content (AvgIpc) is 3.06. The minimum absolute atomic E-state index is 0.323. The molecule has 2 heterocycles. The zero-order valence-corrected chi connectivity index (χ0v) is 17.0. The minimum Gasteiger partial charge on any atom is -0.465 e. The fourth-order valence-corrected chi connectivity index (χ4v) is 3.59. The van der Waals surface area contributed by atoms with Crippen molar-refractivity contribution in [2.75, 3.05) is 14.2 Å². The van der Waals surface area contributed by atoms with E-state index in [-0.39, 0.29) is 5.97 Å². The number of pyridine rings is 1. The van der Waals surface area contributed by atoms with Crippen LogP contribution < -0.4 is 0 Å². The summed E-state index contributed by atoms with van der Waals surface area (Å²) in [5, 5.41) is 9.54. The average molecular weight is 398 g/mol. The third-order valence-electron chi connectivity index (χ3n) is 4.28. The first kappa shape index (κ1) is 20.0. The van der Waals surface area contributed by atoms with Crippen molar-refractivity contribution in [1.82, 2.24) is 24.6 Å². The van der Waals surface area contributed by atoms with E-state index in [2.05, 4.69) is 20.1 Å². The summed E-state index contributed by atoms with van der Waals surface area (Å²) in [7, 11) is 5.41. The Morgan fingerprint density at radius 3 is 2.46 bits per heavy atom. The number of nitrogens with zero attached hydrogens (tertiary/aromatic N) is 5. The van der Waals surface area contributed by atoms with Crippen molar-refractivity contribution in [2.45, 2.75) is 24.0 Å². The summed E-state index contributed by atoms with van der Waals surface area (Å²) >= 11 is 1.66. The Morgan fingerprint density at radius 1 is 1.07 bits per heavy atom. The lowest BCUT2D eigenvalue weighted by atomic mass is 10.1. The van der Waals surface area contributed by atoms with Gasteiger partial charge in [0.1, 0.15) is 5.82 Å². The van der Waals surface area contributed by atoms with Crippen molar-refractivity contribution in [3.63, 3.8) is 0 Å². The molecule has 1 aromatic carbocycles. The standard InChI is InChI=1S/C20H23N5O2S/c1-24(12-15-4-6-17(7-5-15)19(26)27-3)13-18-22-23-20(25(18)2)28-14-16-8-10-21-11-9-16/h4-11H,12-14H2,1-3H3. The second kappa shape index (κ2) is 9.48. The Labute approximate surface area is 168 Å². The Hall–Kier alpha value is -2.71. The highest BCUT2D eigenvalue weighted by Gasteiger charge is 2.12. The number of rotatable bonds is 8. The zero-order valence-electron chi connectivity index (χ0n) is 16.2. The minimum atomic E-state index is -0.323. The van der Waals surface area contributed by atoms with E-state index >= 15 is 0 Å². The molecular formula is C20H23N5O2S. The molecule has 8 heteroatoms. The lowest BCUT2D eigenvalue weighted by molar-refractivity contribution is 0.0600. The van der Waals surface area contributed by atoms with Crippen LogP contribution in [0.2, 0.25) is 0 Å². The summed E-state index contributed by atoms with van der Waals surface area (Å²) in [6.45, 7) is 1.42. The number of esters is 1. The van der Waals surface area contributed by atoms with E-state index < -0.39 is 0 Å². The van der Waals surface area contributed by atoms with Crippen LogP contribution in [0, 0.1) is 0 Å². The molecule has 7 nitrogen and oxygen atoms in total. The molecule has 0 spiro atoms. The highest BCUT2D eigenvalue weighted by atomic mass is 32.2. The Balaban J connectivity index is 1.56. The van der Waals surface area contributed by atoms with E-state index in [4.69, 9.17) is 4.74 Å². The monoisotopic (exact) mass is 397 g/mol. The van der Waals surface area contributed by atoms with Gasteiger partial charge >= 0.3 is 5.97 Å². The SMILES string of the molecule is COC(=O)c1ccc(CN(C)Cc2nnc(SCc3ccncc3)n2C)cc1. The number of ether oxygens (including phenoxy) is 1. The predicted molar refractivity (Wildman–Crippen MR) is 108 cm³/mol. The van der Waals surface area contributed by atoms with Gasteiger partial charge in [0.05, 0.1) is 19.2 Å². The molecule has 0 fully saturated rings. The molecule has 3 aromatic rings. The van der Waals surface area contributed by atoms with E-state index in [1.165, 1.54) is 12.7 Å². The first-order chi connectivity index (χ1) is 13.6. The van der Waals surface area contributed by atoms with Gasteiger partial charge in [-0.15, -0.1) is 10.2 Å². The summed E-state index contributed by atoms with van der Waals surface area (Å²) < 4.78 is 6.76. The summed E-state index contributed by atoms with van der Waals surface area (Å²) in [6.07, 6.45) is 3.59. The number of carbonyl (C=O) groups is 1. The van der Waals surface area contributed by atoms with Crippen LogP contribution in [0.15, 0.2) is 53.9 Å². The van der Waals surface area contributed by atoms with Crippen LogP contribution in [0.5, 0.6) is 0 Å². The van der Waals surface area contributed by atoms with E-state index in [9.17, 15) is 4.79 Å². The molecule has 0 atom stereocenters. The van der Waals surface area contributed by atoms with E-state index in [1.54, 1.807) is 36.3 Å². The van der Waals surface area contributed by atoms with E-state index in [1.807, 2.05) is 42.9 Å². The van der Waals surface area contributed by atoms with Crippen molar-refractivity contribution >= 4 is 17.7 Å². The molecule has 0 radical (unpaired) electrons. The molecule has 0 saturated heterocycles. The maximum absolute atomic E-state index is 11.5. The van der Waals surface area contributed by atoms with Gasteiger partial charge in [-0.3, -0.25) is 9.88 Å². The van der Waals surface area contributed by atoms with Crippen LogP contribution >= 0.6 is 11.8 Å². The molecule has 0 amide bonds. The number of benzene rings is 1. The second-order valence-corrected chi connectivity index (χ2v) is 7.41. The van der Waals surface area contributed by atoms with Gasteiger partial charge in [0.15, 0.2) is 5.16 Å². The topological polar surface area (TPSA) is 73.1 Å². The highest BCUT2D eigenvalue weighted by Crippen LogP contribution is 2.21. The van der Waals surface area contributed by atoms with Crippen molar-refractivity contribution in [3.8, 4) is 0 Å². The van der Waals surface area contributed by atoms with Gasteiger partial charge in [0.2, 0.25) is 0 Å². The molecule has 0 unspecified atom stereocenters. The van der Waals surface area contributed by atoms with Gasteiger partial charge < -0.3 is 9.30 Å². The predicted octanol–water partition coefficient (Wildman–Crippen LogP) is 2.92. The third kappa shape index (κ3) is 5.17. The number of hydrogen-bond donors (Lipinski definition) is 0. The Kier molecular flexibility index (Phi) is 6.78. The van der Waals surface area contributed by atoms with Crippen LogP contribution in [0.1, 0.15) is 27.3 Å². The Bertz CT molecular complexity index is 912. The zero-order chi connectivity index (χ0) is 19.9. The van der Waals surface area contributed by atoms with Gasteiger partial charge in [-0.25, -0.2) is 4.79 Å². The molecule has 146 valence electrons. The van der Waals surface area contributed by atoms with Crippen LogP contribution in [-0.2, 0) is 30.6 Å². The van der Waals surface area contributed by atoms with Crippen molar-refractivity contribution in [3.05, 3.63) is 71.3 Å². The van der Waals surface area contributed by atoms with Crippen LogP contribution in [0.3, 0.4) is 0 Å². The lowest BCUT2D eigenvalue weighted by Gasteiger charge is -2.16. The number of aromatic nitrogens is 4. The maximum Gasteiger partial charge on any atom is 0.337 e. The highest BCUT2D eigenvalue weighted by molar-refractivity contribution is 7.98. The van der Waals surface area contributed by atoms with Gasteiger partial charge in [-0.2, -0.15) is 0 Å². The first-order valence-corrected chi connectivity index (χ1v) is 9.81. The number of hydrogen-bond acceptors (Lipinski definition) is 7. The number of carbonyl (C=O) groups excluding carboxylic acids is 1. The van der Waals surface area contributed by atoms with E-state index in [0.717, 1.165) is 28.8 Å². The molecule has 0 saturated carbocycles. The summed E-state index contributed by atoms with van der Waals surface area (Å²) in [4.78, 5) is 17.7. The van der Waals surface area contributed by atoms with E-state index in [0.29, 0.717) is 12.1 Å². The fourth-order valence-electron chi connectivity index (χ4n) is 2.71. The smallest absolute Gasteiger partial charge is 0.337 e. The molecule has 0 bridgehead atoms. The van der Waals surface area contributed by atoms with Crippen LogP contribution in [-0.4, -0.2) is 44.8 Å². The maximum atomic E-state index is 11.5. The normalized spacial score (nSPS) is 11.0. The summed E-state index contributed by atoms with van der Waals surface area (Å²) in [5.74, 6) is 1.42. The first-order valence-electron chi connectivity index (χ1n) is 8.82. The summed E-state index contributed by atoms with van der Waals surface area (Å²) in [6, 6.07) is 11.5. The molecule has 28 heavy (non-hydrogen) atoms. The van der Waals surface area contributed by atoms with Crippen molar-refractivity contribution in [1.29, 1.82) is 0 Å². The molecule has 0 N–H and O–H groups in total. The summed E-state index contributed by atoms with van der Waals surface area (Å²) in [5.41, 5.74) is 2.87. The lowest BCUT2D eigenvalue weighted by Crippen LogP contribution is -2.19. The van der Waals surface area contributed by atoms with Gasteiger partial charge in [0, 0.05) is 31.7 Å². The molecular weight excluding hydrogens is 374 g/mol. The number of methoxy groups -OCH3 is 1. The van der Waals surface area contributed by atoms with Crippen molar-refractivity contribution < 1.29 is 9.53 Å². The molecule has 0 aliphatic rings. The second-order valence-electron chi connectivity index (χ2n) is 6.46. The Morgan fingerprint density at radius 2 is 1.79 bits per heavy atom. The largest absolute Gasteiger partial charge is 0.465 e. The number of thioether (sulfide) groups is 1. The fraction of sp³-hybridized carbons (Fsp3) is 0.300. The molecule has 3 rings (SSSR count).